The van der Waals surface area contributed by atoms with E-state index in [9.17, 15) is 12.8 Å². The molecule has 1 aliphatic heterocycles. The van der Waals surface area contributed by atoms with Crippen LogP contribution < -0.4 is 0 Å². The van der Waals surface area contributed by atoms with Crippen molar-refractivity contribution in [2.24, 2.45) is 4.99 Å². The van der Waals surface area contributed by atoms with Crippen molar-refractivity contribution in [3.8, 4) is 0 Å². The lowest BCUT2D eigenvalue weighted by atomic mass is 10.2. The van der Waals surface area contributed by atoms with Gasteiger partial charge in [-0.1, -0.05) is 29.4 Å². The molecule has 1 aromatic carbocycles. The van der Waals surface area contributed by atoms with Crippen LogP contribution in [0, 0.1) is 5.82 Å². The zero-order valence-corrected chi connectivity index (χ0v) is 13.2. The van der Waals surface area contributed by atoms with Crippen LogP contribution in [0.4, 0.5) is 4.39 Å². The maximum absolute atomic E-state index is 13.7. The smallest absolute Gasteiger partial charge is 0.236 e. The first-order chi connectivity index (χ1) is 9.45. The van der Waals surface area contributed by atoms with Gasteiger partial charge in [0.05, 0.1) is 18.8 Å². The maximum atomic E-state index is 13.7. The molecule has 0 spiro atoms. The Morgan fingerprint density at radius 2 is 2.25 bits per heavy atom. The van der Waals surface area contributed by atoms with E-state index in [2.05, 4.69) is 4.99 Å². The minimum Gasteiger partial charge on any atom is -0.260 e. The molecule has 1 aromatic rings. The van der Waals surface area contributed by atoms with E-state index in [4.69, 9.17) is 11.6 Å². The van der Waals surface area contributed by atoms with E-state index >= 15 is 0 Å². The van der Waals surface area contributed by atoms with Crippen molar-refractivity contribution in [2.45, 2.75) is 12.7 Å². The predicted octanol–water partition coefficient (Wildman–Crippen LogP) is 2.73. The van der Waals surface area contributed by atoms with E-state index < -0.39 is 15.8 Å². The molecular weight excluding hydrogens is 323 g/mol. The highest BCUT2D eigenvalue weighted by Gasteiger charge is 2.28. The lowest BCUT2D eigenvalue weighted by Gasteiger charge is -2.18. The molecule has 4 nitrogen and oxygen atoms in total. The SMILES string of the molecule is CCS(=O)(=O)N1CCN=C1SCc1c(F)cccc1Cl. The number of benzene rings is 1. The molecule has 0 saturated carbocycles. The zero-order chi connectivity index (χ0) is 14.8. The minimum atomic E-state index is -3.32. The highest BCUT2D eigenvalue weighted by atomic mass is 35.5. The molecule has 0 atom stereocenters. The fourth-order valence-electron chi connectivity index (χ4n) is 1.75. The van der Waals surface area contributed by atoms with Crippen LogP contribution in [0.3, 0.4) is 0 Å². The van der Waals surface area contributed by atoms with Crippen molar-refractivity contribution in [1.29, 1.82) is 0 Å². The molecule has 0 saturated heterocycles. The molecule has 0 aliphatic carbocycles. The van der Waals surface area contributed by atoms with E-state index in [0.717, 1.165) is 0 Å². The van der Waals surface area contributed by atoms with Crippen molar-refractivity contribution in [3.63, 3.8) is 0 Å². The van der Waals surface area contributed by atoms with Crippen LogP contribution in [0.2, 0.25) is 5.02 Å². The Labute approximate surface area is 127 Å². The third-order valence-corrected chi connectivity index (χ3v) is 6.14. The lowest BCUT2D eigenvalue weighted by molar-refractivity contribution is 0.541. The Kier molecular flexibility index (Phi) is 4.93. The third kappa shape index (κ3) is 3.27. The Hall–Kier alpha value is -0.790. The quantitative estimate of drug-likeness (QED) is 0.849. The molecule has 0 amide bonds. The highest BCUT2D eigenvalue weighted by molar-refractivity contribution is 8.14. The van der Waals surface area contributed by atoms with Gasteiger partial charge in [0.1, 0.15) is 5.82 Å². The van der Waals surface area contributed by atoms with Crippen LogP contribution in [0.15, 0.2) is 23.2 Å². The second-order valence-corrected chi connectivity index (χ2v) is 7.66. The Morgan fingerprint density at radius 3 is 2.90 bits per heavy atom. The normalized spacial score (nSPS) is 15.6. The molecule has 0 fully saturated rings. The van der Waals surface area contributed by atoms with Gasteiger partial charge in [-0.3, -0.25) is 4.99 Å². The van der Waals surface area contributed by atoms with Gasteiger partial charge in [0, 0.05) is 16.3 Å². The molecular formula is C12H14ClFN2O2S2. The summed E-state index contributed by atoms with van der Waals surface area (Å²) in [5, 5.41) is 0.743. The summed E-state index contributed by atoms with van der Waals surface area (Å²) in [5.74, 6) is -0.124. The summed E-state index contributed by atoms with van der Waals surface area (Å²) in [6.07, 6.45) is 0. The minimum absolute atomic E-state index is 0.0209. The standard InChI is InChI=1S/C12H14ClFN2O2S2/c1-2-20(17,18)16-7-6-15-12(16)19-8-9-10(13)4-3-5-11(9)14/h3-5H,2,6-8H2,1H3. The third-order valence-electron chi connectivity index (χ3n) is 2.87. The maximum Gasteiger partial charge on any atom is 0.236 e. The largest absolute Gasteiger partial charge is 0.260 e. The Morgan fingerprint density at radius 1 is 1.50 bits per heavy atom. The number of amidine groups is 1. The van der Waals surface area contributed by atoms with E-state index in [1.807, 2.05) is 0 Å². The van der Waals surface area contributed by atoms with Gasteiger partial charge in [-0.15, -0.1) is 0 Å². The van der Waals surface area contributed by atoms with Crippen molar-refractivity contribution < 1.29 is 12.8 Å². The molecule has 1 aliphatic rings. The number of halogens is 2. The number of aliphatic imine (C=N–C) groups is 1. The molecule has 8 heteroatoms. The van der Waals surface area contributed by atoms with Gasteiger partial charge in [0.2, 0.25) is 10.0 Å². The Balaban J connectivity index is 2.11. The second-order valence-electron chi connectivity index (χ2n) is 4.13. The van der Waals surface area contributed by atoms with E-state index in [1.165, 1.54) is 28.2 Å². The molecule has 0 bridgehead atoms. The van der Waals surface area contributed by atoms with Crippen LogP contribution in [-0.2, 0) is 15.8 Å². The highest BCUT2D eigenvalue weighted by Crippen LogP contribution is 2.27. The average Bonchev–Trinajstić information content (AvgIpc) is 2.87. The van der Waals surface area contributed by atoms with Gasteiger partial charge in [-0.25, -0.2) is 17.1 Å². The summed E-state index contributed by atoms with van der Waals surface area (Å²) in [4.78, 5) is 4.17. The molecule has 110 valence electrons. The summed E-state index contributed by atoms with van der Waals surface area (Å²) in [6.45, 7) is 2.37. The number of hydrogen-bond acceptors (Lipinski definition) is 4. The first-order valence-corrected chi connectivity index (χ1v) is 9.03. The predicted molar refractivity (Wildman–Crippen MR) is 81.2 cm³/mol. The fraction of sp³-hybridized carbons (Fsp3) is 0.417. The van der Waals surface area contributed by atoms with E-state index in [-0.39, 0.29) is 11.5 Å². The zero-order valence-electron chi connectivity index (χ0n) is 10.8. The fourth-order valence-corrected chi connectivity index (χ4v) is 4.51. The van der Waals surface area contributed by atoms with Crippen LogP contribution in [0.25, 0.3) is 0 Å². The molecule has 0 unspecified atom stereocenters. The van der Waals surface area contributed by atoms with E-state index in [0.29, 0.717) is 28.8 Å². The van der Waals surface area contributed by atoms with Gasteiger partial charge < -0.3 is 0 Å². The first kappa shape index (κ1) is 15.6. The van der Waals surface area contributed by atoms with Gasteiger partial charge in [0.25, 0.3) is 0 Å². The number of rotatable bonds is 4. The number of hydrogen-bond donors (Lipinski definition) is 0. The summed E-state index contributed by atoms with van der Waals surface area (Å²) in [5.41, 5.74) is 0.364. The average molecular weight is 337 g/mol. The molecule has 20 heavy (non-hydrogen) atoms. The second kappa shape index (κ2) is 6.32. The van der Waals surface area contributed by atoms with Gasteiger partial charge in [0.15, 0.2) is 5.17 Å². The molecule has 0 radical (unpaired) electrons. The first-order valence-electron chi connectivity index (χ1n) is 6.06. The molecule has 0 aromatic heterocycles. The number of nitrogens with zero attached hydrogens (tertiary/aromatic N) is 2. The Bertz CT molecular complexity index is 614. The van der Waals surface area contributed by atoms with Crippen molar-refractivity contribution >= 4 is 38.6 Å². The van der Waals surface area contributed by atoms with Crippen LogP contribution in [0.1, 0.15) is 12.5 Å². The molecule has 2 rings (SSSR count). The molecule has 0 N–H and O–H groups in total. The van der Waals surface area contributed by atoms with Crippen LogP contribution in [0.5, 0.6) is 0 Å². The topological polar surface area (TPSA) is 49.7 Å². The number of sulfonamides is 1. The summed E-state index contributed by atoms with van der Waals surface area (Å²) < 4.78 is 38.7. The van der Waals surface area contributed by atoms with E-state index in [1.54, 1.807) is 13.0 Å². The van der Waals surface area contributed by atoms with Gasteiger partial charge in [-0.05, 0) is 19.1 Å². The summed E-state index contributed by atoms with van der Waals surface area (Å²) >= 11 is 7.13. The number of thioether (sulfide) groups is 1. The van der Waals surface area contributed by atoms with Crippen molar-refractivity contribution in [1.82, 2.24) is 4.31 Å². The summed E-state index contributed by atoms with van der Waals surface area (Å²) in [7, 11) is -3.32. The lowest BCUT2D eigenvalue weighted by Crippen LogP contribution is -2.34. The summed E-state index contributed by atoms with van der Waals surface area (Å²) in [6, 6.07) is 4.48. The van der Waals surface area contributed by atoms with Crippen molar-refractivity contribution in [3.05, 3.63) is 34.6 Å². The van der Waals surface area contributed by atoms with Gasteiger partial charge >= 0.3 is 0 Å². The monoisotopic (exact) mass is 336 g/mol. The van der Waals surface area contributed by atoms with Gasteiger partial charge in [-0.2, -0.15) is 0 Å². The van der Waals surface area contributed by atoms with Crippen LogP contribution >= 0.6 is 23.4 Å². The van der Waals surface area contributed by atoms with Crippen molar-refractivity contribution in [2.75, 3.05) is 18.8 Å². The molecule has 1 heterocycles. The van der Waals surface area contributed by atoms with Crippen LogP contribution in [-0.4, -0.2) is 36.7 Å².